The fraction of sp³-hybridized carbons (Fsp3) is 0.125. The van der Waals surface area contributed by atoms with Crippen LogP contribution in [0.25, 0.3) is 27.8 Å². The summed E-state index contributed by atoms with van der Waals surface area (Å²) in [6.45, 7) is 3.22. The van der Waals surface area contributed by atoms with Crippen LogP contribution in [0, 0.1) is 6.92 Å². The van der Waals surface area contributed by atoms with E-state index in [9.17, 15) is 0 Å². The molecule has 2 N–H and O–H groups in total. The Labute approximate surface area is 173 Å². The molecular formula is C24H20N4O2. The molecule has 0 saturated carbocycles. The number of hydrogen-bond donors (Lipinski definition) is 2. The van der Waals surface area contributed by atoms with Crippen molar-refractivity contribution >= 4 is 28.1 Å². The Morgan fingerprint density at radius 1 is 1.00 bits per heavy atom. The number of aryl methyl sites for hydroxylation is 1. The van der Waals surface area contributed by atoms with E-state index in [0.717, 1.165) is 50.8 Å². The van der Waals surface area contributed by atoms with Crippen LogP contribution in [0.1, 0.15) is 5.56 Å². The van der Waals surface area contributed by atoms with Crippen molar-refractivity contribution in [1.82, 2.24) is 14.4 Å². The highest BCUT2D eigenvalue weighted by Crippen LogP contribution is 2.38. The third kappa shape index (κ3) is 2.69. The summed E-state index contributed by atoms with van der Waals surface area (Å²) in [4.78, 5) is 8.34. The Hall–Kier alpha value is -3.93. The standard InChI is InChI=1S/C24H20N4O2/c1-15-8-9-28-22(12-15)27-23(18-14-25-19-5-3-2-4-17(18)19)24(28)26-16-6-7-20-21(13-16)30-11-10-29-20/h2-9,12-14,25-26H,10-11H2,1H3. The summed E-state index contributed by atoms with van der Waals surface area (Å²) in [5, 5.41) is 4.71. The molecule has 0 aliphatic carbocycles. The van der Waals surface area contributed by atoms with Crippen LogP contribution in [0.5, 0.6) is 11.5 Å². The van der Waals surface area contributed by atoms with Gasteiger partial charge in [-0.15, -0.1) is 0 Å². The van der Waals surface area contributed by atoms with E-state index < -0.39 is 0 Å². The first-order chi connectivity index (χ1) is 14.8. The predicted molar refractivity (Wildman–Crippen MR) is 118 cm³/mol. The van der Waals surface area contributed by atoms with Gasteiger partial charge in [0, 0.05) is 40.6 Å². The minimum absolute atomic E-state index is 0.561. The average Bonchev–Trinajstić information content (AvgIpc) is 3.35. The smallest absolute Gasteiger partial charge is 0.163 e. The number of anilines is 2. The normalized spacial score (nSPS) is 13.1. The van der Waals surface area contributed by atoms with Gasteiger partial charge in [-0.2, -0.15) is 0 Å². The lowest BCUT2D eigenvalue weighted by Crippen LogP contribution is -2.15. The summed E-state index contributed by atoms with van der Waals surface area (Å²) >= 11 is 0. The average molecular weight is 396 g/mol. The number of para-hydroxylation sites is 1. The van der Waals surface area contributed by atoms with Gasteiger partial charge in [0.2, 0.25) is 0 Å². The summed E-state index contributed by atoms with van der Waals surface area (Å²) < 4.78 is 13.5. The van der Waals surface area contributed by atoms with Gasteiger partial charge in [0.05, 0.1) is 0 Å². The first-order valence-corrected chi connectivity index (χ1v) is 9.98. The zero-order valence-corrected chi connectivity index (χ0v) is 16.5. The molecule has 3 aromatic heterocycles. The summed E-state index contributed by atoms with van der Waals surface area (Å²) in [5.41, 5.74) is 6.04. The molecule has 0 bridgehead atoms. The summed E-state index contributed by atoms with van der Waals surface area (Å²) in [7, 11) is 0. The van der Waals surface area contributed by atoms with Crippen LogP contribution in [-0.4, -0.2) is 27.6 Å². The van der Waals surface area contributed by atoms with Gasteiger partial charge < -0.3 is 19.8 Å². The van der Waals surface area contributed by atoms with E-state index in [4.69, 9.17) is 14.5 Å². The number of hydrogen-bond acceptors (Lipinski definition) is 4. The minimum atomic E-state index is 0.561. The third-order valence-corrected chi connectivity index (χ3v) is 5.43. The number of aromatic amines is 1. The van der Waals surface area contributed by atoms with E-state index in [-0.39, 0.29) is 0 Å². The molecule has 1 aliphatic heterocycles. The number of nitrogens with one attached hydrogen (secondary N) is 2. The van der Waals surface area contributed by atoms with Crippen LogP contribution >= 0.6 is 0 Å². The summed E-state index contributed by atoms with van der Waals surface area (Å²) in [5.74, 6) is 2.44. The molecule has 0 fully saturated rings. The highest BCUT2D eigenvalue weighted by molar-refractivity contribution is 5.98. The molecule has 6 heteroatoms. The molecule has 5 aromatic rings. The second-order valence-electron chi connectivity index (χ2n) is 7.47. The number of fused-ring (bicyclic) bond motifs is 3. The maximum atomic E-state index is 5.75. The Kier molecular flexibility index (Phi) is 3.71. The van der Waals surface area contributed by atoms with Gasteiger partial charge >= 0.3 is 0 Å². The molecule has 4 heterocycles. The first-order valence-electron chi connectivity index (χ1n) is 9.98. The number of H-pyrrole nitrogens is 1. The van der Waals surface area contributed by atoms with Crippen molar-refractivity contribution in [2.24, 2.45) is 0 Å². The molecule has 0 saturated heterocycles. The summed E-state index contributed by atoms with van der Waals surface area (Å²) in [6, 6.07) is 18.4. The fourth-order valence-corrected chi connectivity index (χ4v) is 3.98. The van der Waals surface area contributed by atoms with Crippen LogP contribution in [-0.2, 0) is 0 Å². The largest absolute Gasteiger partial charge is 0.486 e. The van der Waals surface area contributed by atoms with Crippen molar-refractivity contribution in [1.29, 1.82) is 0 Å². The van der Waals surface area contributed by atoms with E-state index in [2.05, 4.69) is 52.1 Å². The lowest BCUT2D eigenvalue weighted by Gasteiger charge is -2.19. The van der Waals surface area contributed by atoms with Crippen LogP contribution in [0.2, 0.25) is 0 Å². The molecular weight excluding hydrogens is 376 g/mol. The molecule has 6 rings (SSSR count). The van der Waals surface area contributed by atoms with Crippen molar-refractivity contribution in [2.45, 2.75) is 6.92 Å². The quantitative estimate of drug-likeness (QED) is 0.434. The van der Waals surface area contributed by atoms with Crippen molar-refractivity contribution in [2.75, 3.05) is 18.5 Å². The van der Waals surface area contributed by atoms with Gasteiger partial charge in [-0.05, 0) is 42.8 Å². The fourth-order valence-electron chi connectivity index (χ4n) is 3.98. The molecule has 1 aliphatic rings. The Bertz CT molecular complexity index is 1400. The van der Waals surface area contributed by atoms with E-state index in [1.165, 1.54) is 5.56 Å². The first kappa shape index (κ1) is 17.0. The van der Waals surface area contributed by atoms with Crippen LogP contribution < -0.4 is 14.8 Å². The zero-order valence-electron chi connectivity index (χ0n) is 16.5. The van der Waals surface area contributed by atoms with Crippen LogP contribution in [0.15, 0.2) is 67.0 Å². The molecule has 0 spiro atoms. The molecule has 2 aromatic carbocycles. The number of aromatic nitrogens is 3. The number of rotatable bonds is 3. The second kappa shape index (κ2) is 6.56. The topological polar surface area (TPSA) is 63.6 Å². The number of imidazole rings is 1. The molecule has 148 valence electrons. The lowest BCUT2D eigenvalue weighted by molar-refractivity contribution is 0.171. The van der Waals surface area contributed by atoms with E-state index in [0.29, 0.717) is 13.2 Å². The van der Waals surface area contributed by atoms with Gasteiger partial charge in [-0.3, -0.25) is 4.40 Å². The number of ether oxygens (including phenoxy) is 2. The van der Waals surface area contributed by atoms with Crippen molar-refractivity contribution in [3.63, 3.8) is 0 Å². The van der Waals surface area contributed by atoms with Crippen LogP contribution in [0.3, 0.4) is 0 Å². The van der Waals surface area contributed by atoms with E-state index in [1.54, 1.807) is 0 Å². The summed E-state index contributed by atoms with van der Waals surface area (Å²) in [6.07, 6.45) is 4.07. The van der Waals surface area contributed by atoms with Gasteiger partial charge in [0.1, 0.15) is 30.4 Å². The van der Waals surface area contributed by atoms with Crippen molar-refractivity contribution < 1.29 is 9.47 Å². The van der Waals surface area contributed by atoms with Gasteiger partial charge in [-0.25, -0.2) is 4.98 Å². The highest BCUT2D eigenvalue weighted by Gasteiger charge is 2.19. The van der Waals surface area contributed by atoms with Gasteiger partial charge in [-0.1, -0.05) is 18.2 Å². The number of benzene rings is 2. The Morgan fingerprint density at radius 2 is 1.87 bits per heavy atom. The van der Waals surface area contributed by atoms with Crippen LogP contribution in [0.4, 0.5) is 11.5 Å². The van der Waals surface area contributed by atoms with Gasteiger partial charge in [0.25, 0.3) is 0 Å². The molecule has 6 nitrogen and oxygen atoms in total. The maximum absolute atomic E-state index is 5.75. The van der Waals surface area contributed by atoms with Gasteiger partial charge in [0.15, 0.2) is 11.5 Å². The minimum Gasteiger partial charge on any atom is -0.486 e. The Morgan fingerprint density at radius 3 is 2.80 bits per heavy atom. The van der Waals surface area contributed by atoms with E-state index in [1.807, 2.05) is 36.5 Å². The number of nitrogens with zero attached hydrogens (tertiary/aromatic N) is 2. The lowest BCUT2D eigenvalue weighted by atomic mass is 10.1. The molecule has 0 radical (unpaired) electrons. The highest BCUT2D eigenvalue weighted by atomic mass is 16.6. The molecule has 30 heavy (non-hydrogen) atoms. The van der Waals surface area contributed by atoms with E-state index >= 15 is 0 Å². The zero-order chi connectivity index (χ0) is 20.1. The SMILES string of the molecule is Cc1ccn2c(Nc3ccc4c(c3)OCCO4)c(-c3c[nH]c4ccccc34)nc2c1. The molecule has 0 unspecified atom stereocenters. The second-order valence-corrected chi connectivity index (χ2v) is 7.47. The maximum Gasteiger partial charge on any atom is 0.163 e. The van der Waals surface area contributed by atoms with Crippen molar-refractivity contribution in [3.8, 4) is 22.8 Å². The third-order valence-electron chi connectivity index (χ3n) is 5.43. The molecule has 0 amide bonds. The predicted octanol–water partition coefficient (Wildman–Crippen LogP) is 5.31. The van der Waals surface area contributed by atoms with Crippen molar-refractivity contribution in [3.05, 3.63) is 72.6 Å². The Balaban J connectivity index is 1.53. The monoisotopic (exact) mass is 396 g/mol. The molecule has 0 atom stereocenters. The number of pyridine rings is 1.